The molecule has 0 bridgehead atoms. The van der Waals surface area contributed by atoms with Gasteiger partial charge >= 0.3 is 24.2 Å². The van der Waals surface area contributed by atoms with Gasteiger partial charge in [-0.25, -0.2) is 9.59 Å². The lowest BCUT2D eigenvalue weighted by Gasteiger charge is -2.28. The number of carbonyl (C=O) groups excluding carboxylic acids is 3. The summed E-state index contributed by atoms with van der Waals surface area (Å²) in [4.78, 5) is 49.4. The second kappa shape index (κ2) is 15.6. The monoisotopic (exact) mass is 581 g/mol. The SMILES string of the molecule is CCC(C)CC(=O)OCC(C)C(c1ccc(OC(=O)OC(C)(C)CC)c(OC(=O)OC(C)(C)CC)c1)[C@H](N)C(=O)O. The van der Waals surface area contributed by atoms with Crippen LogP contribution in [0.4, 0.5) is 9.59 Å². The quantitative estimate of drug-likeness (QED) is 0.138. The van der Waals surface area contributed by atoms with Crippen molar-refractivity contribution in [2.45, 2.75) is 111 Å². The van der Waals surface area contributed by atoms with Gasteiger partial charge in [0.1, 0.15) is 17.2 Å². The van der Waals surface area contributed by atoms with Crippen LogP contribution >= 0.6 is 0 Å². The summed E-state index contributed by atoms with van der Waals surface area (Å²) >= 11 is 0. The summed E-state index contributed by atoms with van der Waals surface area (Å²) in [6.07, 6.45) is 0.0217. The minimum Gasteiger partial charge on any atom is -0.480 e. The number of hydrogen-bond acceptors (Lipinski definition) is 10. The van der Waals surface area contributed by atoms with Crippen molar-refractivity contribution >= 4 is 24.2 Å². The Hall–Kier alpha value is -3.34. The van der Waals surface area contributed by atoms with Crippen LogP contribution in [-0.4, -0.2) is 53.2 Å². The number of nitrogens with two attached hydrogens (primary N) is 1. The summed E-state index contributed by atoms with van der Waals surface area (Å²) in [6.45, 7) is 16.1. The average molecular weight is 582 g/mol. The Kier molecular flexibility index (Phi) is 13.6. The van der Waals surface area contributed by atoms with Gasteiger partial charge in [0.2, 0.25) is 0 Å². The zero-order chi connectivity index (χ0) is 31.5. The summed E-state index contributed by atoms with van der Waals surface area (Å²) in [6, 6.07) is 2.83. The molecule has 0 amide bonds. The molecule has 0 heterocycles. The number of rotatable bonds is 15. The Morgan fingerprint density at radius 2 is 1.39 bits per heavy atom. The van der Waals surface area contributed by atoms with Crippen LogP contribution in [0, 0.1) is 11.8 Å². The molecular weight excluding hydrogens is 534 g/mol. The van der Waals surface area contributed by atoms with Gasteiger partial charge in [-0.3, -0.25) is 9.59 Å². The van der Waals surface area contributed by atoms with Gasteiger partial charge in [-0.15, -0.1) is 0 Å². The van der Waals surface area contributed by atoms with Gasteiger partial charge in [0.05, 0.1) is 6.61 Å². The third-order valence-corrected chi connectivity index (χ3v) is 7.17. The van der Waals surface area contributed by atoms with Crippen molar-refractivity contribution < 1.29 is 48.0 Å². The molecule has 0 saturated carbocycles. The Labute approximate surface area is 243 Å². The van der Waals surface area contributed by atoms with Crippen LogP contribution in [0.2, 0.25) is 0 Å². The molecule has 1 aromatic carbocycles. The maximum absolute atomic E-state index is 12.7. The highest BCUT2D eigenvalue weighted by Gasteiger charge is 2.33. The summed E-state index contributed by atoms with van der Waals surface area (Å²) in [5, 5.41) is 9.74. The molecule has 11 heteroatoms. The molecule has 232 valence electrons. The van der Waals surface area contributed by atoms with Crippen molar-refractivity contribution in [2.75, 3.05) is 6.61 Å². The number of benzene rings is 1. The van der Waals surface area contributed by atoms with E-state index in [1.807, 2.05) is 27.7 Å². The Morgan fingerprint density at radius 3 is 1.85 bits per heavy atom. The molecule has 0 aliphatic heterocycles. The summed E-state index contributed by atoms with van der Waals surface area (Å²) in [5.41, 5.74) is 4.81. The first-order valence-corrected chi connectivity index (χ1v) is 14.0. The average Bonchev–Trinajstić information content (AvgIpc) is 2.88. The molecule has 41 heavy (non-hydrogen) atoms. The zero-order valence-electron chi connectivity index (χ0n) is 25.8. The fourth-order valence-electron chi connectivity index (χ4n) is 3.57. The molecule has 0 fully saturated rings. The molecule has 4 atom stereocenters. The highest BCUT2D eigenvalue weighted by Crippen LogP contribution is 2.36. The topological polar surface area (TPSA) is 161 Å². The normalized spacial score (nSPS) is 14.7. The maximum atomic E-state index is 12.7. The summed E-state index contributed by atoms with van der Waals surface area (Å²) in [5.74, 6) is -3.27. The van der Waals surface area contributed by atoms with Crippen molar-refractivity contribution in [2.24, 2.45) is 17.6 Å². The van der Waals surface area contributed by atoms with Crippen LogP contribution in [0.1, 0.15) is 99.5 Å². The minimum atomic E-state index is -1.39. The molecule has 3 N–H and O–H groups in total. The highest BCUT2D eigenvalue weighted by atomic mass is 16.8. The predicted molar refractivity (Wildman–Crippen MR) is 152 cm³/mol. The Bertz CT molecular complexity index is 1050. The van der Waals surface area contributed by atoms with Gasteiger partial charge < -0.3 is 34.5 Å². The van der Waals surface area contributed by atoms with Crippen LogP contribution in [0.25, 0.3) is 0 Å². The third-order valence-electron chi connectivity index (χ3n) is 7.17. The lowest BCUT2D eigenvalue weighted by Crippen LogP contribution is -2.40. The second-order valence-electron chi connectivity index (χ2n) is 11.6. The number of esters is 1. The molecule has 3 unspecified atom stereocenters. The van der Waals surface area contributed by atoms with E-state index in [1.165, 1.54) is 18.2 Å². The van der Waals surface area contributed by atoms with Crippen molar-refractivity contribution in [1.29, 1.82) is 0 Å². The lowest BCUT2D eigenvalue weighted by molar-refractivity contribution is -0.146. The van der Waals surface area contributed by atoms with Crippen LogP contribution in [-0.2, 0) is 23.8 Å². The Morgan fingerprint density at radius 1 is 0.878 bits per heavy atom. The third kappa shape index (κ3) is 12.0. The highest BCUT2D eigenvalue weighted by molar-refractivity contribution is 5.75. The molecule has 0 saturated heterocycles. The number of ether oxygens (including phenoxy) is 5. The number of carbonyl (C=O) groups is 4. The van der Waals surface area contributed by atoms with E-state index in [4.69, 9.17) is 29.4 Å². The van der Waals surface area contributed by atoms with E-state index in [9.17, 15) is 24.3 Å². The van der Waals surface area contributed by atoms with Crippen LogP contribution in [0.5, 0.6) is 11.5 Å². The predicted octanol–water partition coefficient (Wildman–Crippen LogP) is 6.21. The van der Waals surface area contributed by atoms with E-state index in [0.29, 0.717) is 18.4 Å². The van der Waals surface area contributed by atoms with E-state index < -0.39 is 53.3 Å². The number of carboxylic acid groups (broad SMARTS) is 1. The van der Waals surface area contributed by atoms with E-state index in [-0.39, 0.29) is 30.4 Å². The number of aliphatic carboxylic acids is 1. The van der Waals surface area contributed by atoms with Crippen molar-refractivity contribution in [3.63, 3.8) is 0 Å². The van der Waals surface area contributed by atoms with E-state index in [0.717, 1.165) is 6.42 Å². The molecule has 11 nitrogen and oxygen atoms in total. The van der Waals surface area contributed by atoms with Crippen molar-refractivity contribution in [3.05, 3.63) is 23.8 Å². The molecule has 1 aromatic rings. The smallest absolute Gasteiger partial charge is 0.480 e. The van der Waals surface area contributed by atoms with Gasteiger partial charge in [-0.05, 0) is 70.1 Å². The van der Waals surface area contributed by atoms with Crippen LogP contribution < -0.4 is 15.2 Å². The first-order valence-electron chi connectivity index (χ1n) is 14.0. The molecule has 0 radical (unpaired) electrons. The number of hydrogen-bond donors (Lipinski definition) is 2. The summed E-state index contributed by atoms with van der Waals surface area (Å²) in [7, 11) is 0. The molecule has 0 aliphatic rings. The van der Waals surface area contributed by atoms with Gasteiger partial charge in [0.15, 0.2) is 11.5 Å². The number of carboxylic acids is 1. The molecular formula is C30H47NO10. The minimum absolute atomic E-state index is 0.0828. The zero-order valence-corrected chi connectivity index (χ0v) is 25.8. The maximum Gasteiger partial charge on any atom is 0.514 e. The van der Waals surface area contributed by atoms with Gasteiger partial charge in [0, 0.05) is 12.3 Å². The van der Waals surface area contributed by atoms with Gasteiger partial charge in [-0.1, -0.05) is 47.1 Å². The van der Waals surface area contributed by atoms with Crippen LogP contribution in [0.3, 0.4) is 0 Å². The van der Waals surface area contributed by atoms with Gasteiger partial charge in [-0.2, -0.15) is 0 Å². The summed E-state index contributed by atoms with van der Waals surface area (Å²) < 4.78 is 26.9. The second-order valence-corrected chi connectivity index (χ2v) is 11.6. The van der Waals surface area contributed by atoms with Crippen molar-refractivity contribution in [3.8, 4) is 11.5 Å². The lowest BCUT2D eigenvalue weighted by atomic mass is 9.82. The largest absolute Gasteiger partial charge is 0.514 e. The van der Waals surface area contributed by atoms with E-state index >= 15 is 0 Å². The Balaban J connectivity index is 3.42. The molecule has 0 aliphatic carbocycles. The molecule has 0 spiro atoms. The fraction of sp³-hybridized carbons (Fsp3) is 0.667. The first kappa shape index (κ1) is 35.7. The van der Waals surface area contributed by atoms with Crippen molar-refractivity contribution in [1.82, 2.24) is 0 Å². The molecule has 0 aromatic heterocycles. The fourth-order valence-corrected chi connectivity index (χ4v) is 3.57. The standard InChI is InChI=1S/C30H47NO10/c1-10-18(4)15-23(32)37-17-19(5)24(25(31)26(33)34)20-13-14-21(38-27(35)40-29(6,7)11-2)22(16-20)39-28(36)41-30(8,9)12-3/h13-14,16,18-19,24-25H,10-12,15,17,31H2,1-9H3,(H,33,34)/t18?,19?,24?,25-/m0/s1. The molecule has 1 rings (SSSR count). The van der Waals surface area contributed by atoms with Gasteiger partial charge in [0.25, 0.3) is 0 Å². The first-order chi connectivity index (χ1) is 18.9. The van der Waals surface area contributed by atoms with Crippen LogP contribution in [0.15, 0.2) is 18.2 Å². The van der Waals surface area contributed by atoms with E-state index in [1.54, 1.807) is 34.6 Å². The van der Waals surface area contributed by atoms with E-state index in [2.05, 4.69) is 0 Å².